The number of pyridine rings is 2. The largest absolute Gasteiger partial charge is 0.267 e. The van der Waals surface area contributed by atoms with Crippen molar-refractivity contribution in [2.45, 2.75) is 5.75 Å². The van der Waals surface area contributed by atoms with Crippen molar-refractivity contribution in [2.24, 2.45) is 0 Å². The van der Waals surface area contributed by atoms with Crippen molar-refractivity contribution in [1.29, 1.82) is 0 Å². The minimum atomic E-state index is -3.65. The normalized spacial score (nSPS) is 11.9. The Balaban J connectivity index is 2.05. The Labute approximate surface area is 139 Å². The van der Waals surface area contributed by atoms with E-state index in [9.17, 15) is 16.8 Å². The summed E-state index contributed by atoms with van der Waals surface area (Å²) in [4.78, 5) is 7.72. The molecular formula is C12H13ClN4O4S2. The molecule has 0 fully saturated rings. The summed E-state index contributed by atoms with van der Waals surface area (Å²) in [5.74, 6) is -0.0459. The second kappa shape index (κ2) is 7.11. The molecule has 11 heteroatoms. The molecule has 8 nitrogen and oxygen atoms in total. The number of anilines is 2. The average Bonchev–Trinajstić information content (AvgIpc) is 2.49. The van der Waals surface area contributed by atoms with Crippen LogP contribution in [0.25, 0.3) is 0 Å². The van der Waals surface area contributed by atoms with E-state index in [4.69, 9.17) is 11.6 Å². The van der Waals surface area contributed by atoms with Crippen molar-refractivity contribution >= 4 is 43.3 Å². The highest BCUT2D eigenvalue weighted by molar-refractivity contribution is 7.93. The van der Waals surface area contributed by atoms with Gasteiger partial charge in [0.25, 0.3) is 0 Å². The monoisotopic (exact) mass is 376 g/mol. The first kappa shape index (κ1) is 17.4. The van der Waals surface area contributed by atoms with E-state index in [1.54, 1.807) is 12.1 Å². The van der Waals surface area contributed by atoms with E-state index < -0.39 is 25.3 Å². The number of nitrogens with zero attached hydrogens (tertiary/aromatic N) is 2. The Kier molecular flexibility index (Phi) is 5.39. The molecule has 0 saturated heterocycles. The molecular weight excluding hydrogens is 364 g/mol. The summed E-state index contributed by atoms with van der Waals surface area (Å²) in [6, 6.07) is 7.67. The fourth-order valence-corrected chi connectivity index (χ4v) is 3.37. The summed E-state index contributed by atoms with van der Waals surface area (Å²) >= 11 is 5.27. The minimum absolute atomic E-state index is 0.0597. The summed E-state index contributed by atoms with van der Waals surface area (Å²) in [7, 11) is -7.30. The van der Waals surface area contributed by atoms with Crippen LogP contribution in [0.5, 0.6) is 0 Å². The summed E-state index contributed by atoms with van der Waals surface area (Å²) in [6.45, 7) is 0. The average molecular weight is 377 g/mol. The third kappa shape index (κ3) is 5.66. The van der Waals surface area contributed by atoms with Crippen LogP contribution in [0.1, 0.15) is 5.56 Å². The lowest BCUT2D eigenvalue weighted by molar-refractivity contribution is 0.599. The molecule has 124 valence electrons. The van der Waals surface area contributed by atoms with Gasteiger partial charge in [-0.3, -0.25) is 9.44 Å². The van der Waals surface area contributed by atoms with Crippen LogP contribution in [0.4, 0.5) is 11.6 Å². The molecule has 2 N–H and O–H groups in total. The Hall–Kier alpha value is -1.91. The Bertz CT molecular complexity index is 856. The fourth-order valence-electron chi connectivity index (χ4n) is 1.59. The van der Waals surface area contributed by atoms with Crippen LogP contribution in [-0.2, 0) is 25.8 Å². The van der Waals surface area contributed by atoms with Crippen LogP contribution in [-0.4, -0.2) is 32.0 Å². The first-order chi connectivity index (χ1) is 10.8. The van der Waals surface area contributed by atoms with Crippen molar-refractivity contribution in [3.05, 3.63) is 48.3 Å². The van der Waals surface area contributed by atoms with Gasteiger partial charge < -0.3 is 0 Å². The number of sulfonamides is 2. The molecule has 2 rings (SSSR count). The maximum atomic E-state index is 12.0. The van der Waals surface area contributed by atoms with Gasteiger partial charge in [-0.2, -0.15) is 0 Å². The highest BCUT2D eigenvalue weighted by atomic mass is 35.5. The SMILES string of the molecule is O=S(=O)(CCl)Nc1ccc(CS(=O)(=O)Nc2ccccn2)cn1. The van der Waals surface area contributed by atoms with Crippen LogP contribution in [0.3, 0.4) is 0 Å². The molecule has 2 aromatic rings. The fraction of sp³-hybridized carbons (Fsp3) is 0.167. The number of nitrogens with one attached hydrogen (secondary N) is 2. The van der Waals surface area contributed by atoms with Crippen molar-refractivity contribution < 1.29 is 16.8 Å². The number of hydrogen-bond donors (Lipinski definition) is 2. The molecule has 0 aliphatic carbocycles. The Morgan fingerprint density at radius 2 is 1.61 bits per heavy atom. The molecule has 2 heterocycles. The molecule has 0 aliphatic heterocycles. The zero-order chi connectivity index (χ0) is 16.9. The van der Waals surface area contributed by atoms with Crippen LogP contribution >= 0.6 is 11.6 Å². The molecule has 0 amide bonds. The van der Waals surface area contributed by atoms with E-state index in [0.29, 0.717) is 5.56 Å². The summed E-state index contributed by atoms with van der Waals surface area (Å²) < 4.78 is 51.1. The van der Waals surface area contributed by atoms with Crippen LogP contribution < -0.4 is 9.44 Å². The molecule has 0 spiro atoms. The smallest absolute Gasteiger partial charge is 0.247 e. The molecule has 0 aliphatic rings. The molecule has 0 radical (unpaired) electrons. The third-order valence-electron chi connectivity index (χ3n) is 2.51. The van der Waals surface area contributed by atoms with Gasteiger partial charge in [-0.15, -0.1) is 11.6 Å². The minimum Gasteiger partial charge on any atom is -0.267 e. The van der Waals surface area contributed by atoms with Crippen molar-refractivity contribution in [3.63, 3.8) is 0 Å². The zero-order valence-electron chi connectivity index (χ0n) is 11.7. The first-order valence-electron chi connectivity index (χ1n) is 6.22. The van der Waals surface area contributed by atoms with Gasteiger partial charge in [-0.1, -0.05) is 12.1 Å². The van der Waals surface area contributed by atoms with E-state index >= 15 is 0 Å². The van der Waals surface area contributed by atoms with E-state index in [2.05, 4.69) is 19.4 Å². The molecule has 0 atom stereocenters. The summed E-state index contributed by atoms with van der Waals surface area (Å²) in [5, 5.41) is -0.598. The molecule has 2 aromatic heterocycles. The number of alkyl halides is 1. The Morgan fingerprint density at radius 3 is 2.17 bits per heavy atom. The molecule has 0 bridgehead atoms. The van der Waals surface area contributed by atoms with Gasteiger partial charge in [-0.05, 0) is 23.8 Å². The lowest BCUT2D eigenvalue weighted by Crippen LogP contribution is -2.16. The predicted octanol–water partition coefficient (Wildman–Crippen LogP) is 1.36. The lowest BCUT2D eigenvalue weighted by atomic mass is 10.3. The van der Waals surface area contributed by atoms with Gasteiger partial charge in [0, 0.05) is 12.4 Å². The quantitative estimate of drug-likeness (QED) is 0.704. The van der Waals surface area contributed by atoms with E-state index in [-0.39, 0.29) is 17.4 Å². The molecule has 0 aromatic carbocycles. The van der Waals surface area contributed by atoms with Gasteiger partial charge in [0.15, 0.2) is 0 Å². The van der Waals surface area contributed by atoms with Gasteiger partial charge in [0.2, 0.25) is 20.0 Å². The van der Waals surface area contributed by atoms with E-state index in [1.807, 2.05) is 0 Å². The van der Waals surface area contributed by atoms with Gasteiger partial charge in [0.1, 0.15) is 16.8 Å². The summed E-state index contributed by atoms with van der Waals surface area (Å²) in [5.41, 5.74) is 0.391. The third-order valence-corrected chi connectivity index (χ3v) is 5.41. The van der Waals surface area contributed by atoms with E-state index in [0.717, 1.165) is 0 Å². The summed E-state index contributed by atoms with van der Waals surface area (Å²) in [6.07, 6.45) is 2.74. The maximum Gasteiger partial charge on any atom is 0.247 e. The molecule has 0 unspecified atom stereocenters. The van der Waals surface area contributed by atoms with Gasteiger partial charge in [0.05, 0.1) is 5.75 Å². The van der Waals surface area contributed by atoms with Crippen molar-refractivity contribution in [1.82, 2.24) is 9.97 Å². The highest BCUT2D eigenvalue weighted by Gasteiger charge is 2.14. The number of aromatic nitrogens is 2. The van der Waals surface area contributed by atoms with Crippen LogP contribution in [0.2, 0.25) is 0 Å². The topological polar surface area (TPSA) is 118 Å². The standard InChI is InChI=1S/C12H13ClN4O4S2/c13-9-23(20,21)17-12-5-4-10(7-15-12)8-22(18,19)16-11-3-1-2-6-14-11/h1-7H,8-9H2,(H,14,16)(H,15,17). The van der Waals surface area contributed by atoms with Crippen molar-refractivity contribution in [2.75, 3.05) is 14.7 Å². The highest BCUT2D eigenvalue weighted by Crippen LogP contribution is 2.12. The second-order valence-corrected chi connectivity index (χ2v) is 8.48. The van der Waals surface area contributed by atoms with Crippen molar-refractivity contribution in [3.8, 4) is 0 Å². The van der Waals surface area contributed by atoms with Gasteiger partial charge >= 0.3 is 0 Å². The molecule has 0 saturated carbocycles. The lowest BCUT2D eigenvalue weighted by Gasteiger charge is -2.08. The first-order valence-corrected chi connectivity index (χ1v) is 10.1. The second-order valence-electron chi connectivity index (χ2n) is 4.45. The molecule has 23 heavy (non-hydrogen) atoms. The van der Waals surface area contributed by atoms with Crippen LogP contribution in [0, 0.1) is 0 Å². The predicted molar refractivity (Wildman–Crippen MR) is 88.0 cm³/mol. The zero-order valence-corrected chi connectivity index (χ0v) is 14.1. The Morgan fingerprint density at radius 1 is 0.913 bits per heavy atom. The number of rotatable bonds is 7. The maximum absolute atomic E-state index is 12.0. The van der Waals surface area contributed by atoms with Gasteiger partial charge in [-0.25, -0.2) is 26.8 Å². The van der Waals surface area contributed by atoms with Crippen LogP contribution in [0.15, 0.2) is 42.7 Å². The number of hydrogen-bond acceptors (Lipinski definition) is 6. The number of halogens is 1. The van der Waals surface area contributed by atoms with E-state index in [1.165, 1.54) is 30.6 Å².